The van der Waals surface area contributed by atoms with Gasteiger partial charge in [0, 0.05) is 5.57 Å². The summed E-state index contributed by atoms with van der Waals surface area (Å²) in [5, 5.41) is 0. The van der Waals surface area contributed by atoms with E-state index in [1.54, 1.807) is 61.5 Å². The van der Waals surface area contributed by atoms with E-state index in [1.807, 2.05) is 0 Å². The second kappa shape index (κ2) is 9.05. The molecule has 6 heteroatoms. The number of halogens is 1. The lowest BCUT2D eigenvalue weighted by Crippen LogP contribution is -2.07. The first kappa shape index (κ1) is 20.8. The van der Waals surface area contributed by atoms with E-state index in [-0.39, 0.29) is 23.4 Å². The number of rotatable bonds is 7. The lowest BCUT2D eigenvalue weighted by Gasteiger charge is -2.13. The van der Waals surface area contributed by atoms with Crippen LogP contribution < -0.4 is 14.2 Å². The van der Waals surface area contributed by atoms with Crippen molar-refractivity contribution >= 4 is 12.4 Å². The van der Waals surface area contributed by atoms with Crippen LogP contribution in [0, 0.1) is 5.82 Å². The highest BCUT2D eigenvalue weighted by Gasteiger charge is 2.16. The Balaban J connectivity index is 1.97. The third-order valence-corrected chi connectivity index (χ3v) is 4.35. The largest absolute Gasteiger partial charge is 0.497 e. The van der Waals surface area contributed by atoms with E-state index in [2.05, 4.69) is 6.58 Å². The monoisotopic (exact) mass is 406 g/mol. The molecule has 30 heavy (non-hydrogen) atoms. The predicted molar refractivity (Wildman–Crippen MR) is 111 cm³/mol. The van der Waals surface area contributed by atoms with Crippen molar-refractivity contribution in [1.29, 1.82) is 0 Å². The Morgan fingerprint density at radius 2 is 1.53 bits per heavy atom. The molecule has 0 bridgehead atoms. The summed E-state index contributed by atoms with van der Waals surface area (Å²) < 4.78 is 30.4. The number of methoxy groups -OCH3 is 1. The van der Waals surface area contributed by atoms with Crippen molar-refractivity contribution in [2.24, 2.45) is 0 Å². The van der Waals surface area contributed by atoms with E-state index in [0.29, 0.717) is 28.2 Å². The third-order valence-electron chi connectivity index (χ3n) is 4.35. The number of esters is 1. The van der Waals surface area contributed by atoms with E-state index < -0.39 is 11.8 Å². The summed E-state index contributed by atoms with van der Waals surface area (Å²) in [7, 11) is 1.54. The van der Waals surface area contributed by atoms with Crippen LogP contribution in [0.1, 0.15) is 6.92 Å². The molecule has 0 unspecified atom stereocenters. The number of carbonyl (C=O) groups is 2. The highest BCUT2D eigenvalue weighted by Crippen LogP contribution is 2.37. The molecule has 3 aromatic rings. The van der Waals surface area contributed by atoms with E-state index in [4.69, 9.17) is 14.2 Å². The maximum atomic E-state index is 15.0. The number of ether oxygens (including phenoxy) is 3. The molecule has 0 fully saturated rings. The molecule has 0 aliphatic heterocycles. The molecule has 5 nitrogen and oxygen atoms in total. The van der Waals surface area contributed by atoms with Crippen molar-refractivity contribution in [2.45, 2.75) is 6.92 Å². The molecule has 0 aliphatic rings. The number of benzene rings is 3. The van der Waals surface area contributed by atoms with Crippen LogP contribution in [0.25, 0.3) is 22.3 Å². The van der Waals surface area contributed by atoms with E-state index >= 15 is 4.39 Å². The Hall–Kier alpha value is -3.93. The molecule has 0 N–H and O–H groups in total. The van der Waals surface area contributed by atoms with Gasteiger partial charge in [-0.1, -0.05) is 30.8 Å². The topological polar surface area (TPSA) is 61.8 Å². The maximum absolute atomic E-state index is 15.0. The zero-order chi connectivity index (χ0) is 21.7. The second-order valence-corrected chi connectivity index (χ2v) is 6.47. The van der Waals surface area contributed by atoms with E-state index in [1.165, 1.54) is 13.2 Å². The van der Waals surface area contributed by atoms with Gasteiger partial charge in [-0.15, -0.1) is 0 Å². The van der Waals surface area contributed by atoms with Crippen LogP contribution in [0.4, 0.5) is 4.39 Å². The Labute approximate surface area is 173 Å². The molecule has 0 amide bonds. The fourth-order valence-electron chi connectivity index (χ4n) is 2.84. The molecule has 0 aliphatic carbocycles. The van der Waals surface area contributed by atoms with E-state index in [9.17, 15) is 9.59 Å². The maximum Gasteiger partial charge on any atom is 0.338 e. The van der Waals surface area contributed by atoms with Crippen molar-refractivity contribution in [2.75, 3.05) is 7.11 Å². The van der Waals surface area contributed by atoms with Crippen LogP contribution in [0.15, 0.2) is 72.8 Å². The standard InChI is InChI=1S/C24H19FO5/c1-15(2)24(27)30-20-10-4-16(5-11-20)18-12-21(25)23(22(13-18)29-14-26)17-6-8-19(28-3)9-7-17/h4-14H,1H2,2-3H3. The van der Waals surface area contributed by atoms with Crippen molar-refractivity contribution in [3.63, 3.8) is 0 Å². The summed E-state index contributed by atoms with van der Waals surface area (Å²) in [6, 6.07) is 16.2. The first-order chi connectivity index (χ1) is 14.4. The summed E-state index contributed by atoms with van der Waals surface area (Å²) in [6.45, 7) is 5.34. The molecule has 0 heterocycles. The second-order valence-electron chi connectivity index (χ2n) is 6.47. The average molecular weight is 406 g/mol. The van der Waals surface area contributed by atoms with Crippen LogP contribution in [0.5, 0.6) is 17.2 Å². The summed E-state index contributed by atoms with van der Waals surface area (Å²) >= 11 is 0. The fourth-order valence-corrected chi connectivity index (χ4v) is 2.84. The average Bonchev–Trinajstić information content (AvgIpc) is 2.74. The zero-order valence-corrected chi connectivity index (χ0v) is 16.5. The normalized spacial score (nSPS) is 10.2. The molecule has 0 atom stereocenters. The lowest BCUT2D eigenvalue weighted by molar-refractivity contribution is -0.130. The zero-order valence-electron chi connectivity index (χ0n) is 16.5. The van der Waals surface area contributed by atoms with Crippen LogP contribution in [0.3, 0.4) is 0 Å². The molecule has 0 saturated heterocycles. The summed E-state index contributed by atoms with van der Waals surface area (Å²) in [6.07, 6.45) is 0. The number of hydrogen-bond donors (Lipinski definition) is 0. The third kappa shape index (κ3) is 4.55. The minimum absolute atomic E-state index is 0.0861. The Kier molecular flexibility index (Phi) is 6.27. The number of carbonyl (C=O) groups excluding carboxylic acids is 2. The smallest absolute Gasteiger partial charge is 0.338 e. The quantitative estimate of drug-likeness (QED) is 0.234. The van der Waals surface area contributed by atoms with Gasteiger partial charge in [-0.2, -0.15) is 0 Å². The van der Waals surface area contributed by atoms with Gasteiger partial charge in [0.15, 0.2) is 0 Å². The van der Waals surface area contributed by atoms with Crippen molar-refractivity contribution in [3.05, 3.63) is 78.6 Å². The molecule has 0 aromatic heterocycles. The Morgan fingerprint density at radius 1 is 0.933 bits per heavy atom. The molecule has 0 radical (unpaired) electrons. The van der Waals surface area contributed by atoms with Crippen LogP contribution in [-0.4, -0.2) is 19.6 Å². The van der Waals surface area contributed by atoms with Crippen LogP contribution in [-0.2, 0) is 9.59 Å². The Morgan fingerprint density at radius 3 is 2.10 bits per heavy atom. The van der Waals surface area contributed by atoms with Crippen LogP contribution >= 0.6 is 0 Å². The van der Waals surface area contributed by atoms with Gasteiger partial charge in [0.1, 0.15) is 23.1 Å². The Bertz CT molecular complexity index is 1090. The summed E-state index contributed by atoms with van der Waals surface area (Å²) in [5.41, 5.74) is 2.14. The van der Waals surface area contributed by atoms with Gasteiger partial charge in [-0.25, -0.2) is 9.18 Å². The minimum Gasteiger partial charge on any atom is -0.497 e. The van der Waals surface area contributed by atoms with Crippen LogP contribution in [0.2, 0.25) is 0 Å². The molecule has 3 rings (SSSR count). The fraction of sp³-hybridized carbons (Fsp3) is 0.0833. The van der Waals surface area contributed by atoms with Gasteiger partial charge in [0.25, 0.3) is 6.47 Å². The van der Waals surface area contributed by atoms with E-state index in [0.717, 1.165) is 0 Å². The highest BCUT2D eigenvalue weighted by atomic mass is 19.1. The van der Waals surface area contributed by atoms with Gasteiger partial charge < -0.3 is 14.2 Å². The first-order valence-electron chi connectivity index (χ1n) is 8.99. The van der Waals surface area contributed by atoms with Gasteiger partial charge >= 0.3 is 5.97 Å². The van der Waals surface area contributed by atoms with Crippen molar-refractivity contribution in [3.8, 4) is 39.5 Å². The lowest BCUT2D eigenvalue weighted by atomic mass is 9.98. The molecule has 3 aromatic carbocycles. The SMILES string of the molecule is C=C(C)C(=O)Oc1ccc(-c2cc(F)c(-c3ccc(OC)cc3)c(OC=O)c2)cc1. The first-order valence-corrected chi connectivity index (χ1v) is 8.99. The molecule has 0 saturated carbocycles. The summed E-state index contributed by atoms with van der Waals surface area (Å²) in [5.74, 6) is -0.0259. The summed E-state index contributed by atoms with van der Waals surface area (Å²) in [4.78, 5) is 22.6. The minimum atomic E-state index is -0.549. The molecule has 152 valence electrons. The molecular weight excluding hydrogens is 387 g/mol. The molecular formula is C24H19FO5. The van der Waals surface area contributed by atoms with Gasteiger partial charge in [0.2, 0.25) is 0 Å². The molecule has 0 spiro atoms. The number of hydrogen-bond acceptors (Lipinski definition) is 5. The highest BCUT2D eigenvalue weighted by molar-refractivity contribution is 5.88. The van der Waals surface area contributed by atoms with Gasteiger partial charge in [0.05, 0.1) is 12.7 Å². The van der Waals surface area contributed by atoms with Crippen molar-refractivity contribution < 1.29 is 28.2 Å². The van der Waals surface area contributed by atoms with Gasteiger partial charge in [-0.05, 0) is 60.0 Å². The predicted octanol–water partition coefficient (Wildman–Crippen LogP) is 5.19. The van der Waals surface area contributed by atoms with Gasteiger partial charge in [-0.3, -0.25) is 4.79 Å². The van der Waals surface area contributed by atoms with Crippen molar-refractivity contribution in [1.82, 2.24) is 0 Å².